The van der Waals surface area contributed by atoms with Gasteiger partial charge in [-0.2, -0.15) is 0 Å². The summed E-state index contributed by atoms with van der Waals surface area (Å²) in [6.07, 6.45) is 2.83. The molecule has 0 spiro atoms. The second-order valence-corrected chi connectivity index (χ2v) is 8.33. The van der Waals surface area contributed by atoms with Gasteiger partial charge in [-0.25, -0.2) is 0 Å². The van der Waals surface area contributed by atoms with Crippen LogP contribution in [0.4, 0.5) is 0 Å². The van der Waals surface area contributed by atoms with Gasteiger partial charge in [-0.15, -0.1) is 0 Å². The molecule has 2 aliphatic rings. The van der Waals surface area contributed by atoms with E-state index in [9.17, 15) is 9.59 Å². The van der Waals surface area contributed by atoms with Crippen molar-refractivity contribution in [1.29, 1.82) is 0 Å². The Morgan fingerprint density at radius 2 is 1.93 bits per heavy atom. The number of nitrogens with zero attached hydrogens (tertiary/aromatic N) is 4. The molecule has 0 radical (unpaired) electrons. The lowest BCUT2D eigenvalue weighted by atomic mass is 10.1. The van der Waals surface area contributed by atoms with Crippen LogP contribution in [-0.2, 0) is 11.3 Å². The number of carbonyl (C=O) groups is 2. The number of nitrogens with one attached hydrogen (secondary N) is 1. The Bertz CT molecular complexity index is 664. The highest BCUT2D eigenvalue weighted by atomic mass is 16.2. The second-order valence-electron chi connectivity index (χ2n) is 8.33. The number of aromatic nitrogens is 1. The first kappa shape index (κ1) is 20.9. The van der Waals surface area contributed by atoms with Gasteiger partial charge in [-0.05, 0) is 37.6 Å². The summed E-state index contributed by atoms with van der Waals surface area (Å²) in [7, 11) is 0. The van der Waals surface area contributed by atoms with E-state index in [2.05, 4.69) is 35.9 Å². The van der Waals surface area contributed by atoms with Gasteiger partial charge in [-0.3, -0.25) is 9.59 Å². The van der Waals surface area contributed by atoms with Gasteiger partial charge in [0.05, 0.1) is 6.54 Å². The molecule has 0 bridgehead atoms. The fourth-order valence-corrected chi connectivity index (χ4v) is 4.13. The van der Waals surface area contributed by atoms with Gasteiger partial charge in [0.15, 0.2) is 0 Å². The number of likely N-dealkylation sites (N-methyl/N-ethyl adjacent to an activating group) is 1. The summed E-state index contributed by atoms with van der Waals surface area (Å²) in [6, 6.07) is 3.28. The Balaban J connectivity index is 1.49. The maximum Gasteiger partial charge on any atom is 0.271 e. The molecule has 3 rings (SSSR count). The van der Waals surface area contributed by atoms with E-state index in [1.54, 1.807) is 4.90 Å². The minimum Gasteiger partial charge on any atom is -0.354 e. The molecule has 7 heteroatoms. The Hall–Kier alpha value is -1.86. The van der Waals surface area contributed by atoms with Gasteiger partial charge in [0.1, 0.15) is 11.7 Å². The third-order valence-corrected chi connectivity index (χ3v) is 5.78. The van der Waals surface area contributed by atoms with Gasteiger partial charge < -0.3 is 24.6 Å². The smallest absolute Gasteiger partial charge is 0.271 e. The van der Waals surface area contributed by atoms with E-state index in [-0.39, 0.29) is 11.8 Å². The van der Waals surface area contributed by atoms with Crippen molar-refractivity contribution in [3.8, 4) is 0 Å². The molecule has 2 amide bonds. The van der Waals surface area contributed by atoms with Gasteiger partial charge in [-0.1, -0.05) is 20.8 Å². The average molecular weight is 390 g/mol. The van der Waals surface area contributed by atoms with Crippen molar-refractivity contribution in [1.82, 2.24) is 24.6 Å². The van der Waals surface area contributed by atoms with Crippen LogP contribution in [0.5, 0.6) is 0 Å². The highest BCUT2D eigenvalue weighted by molar-refractivity contribution is 5.97. The minimum absolute atomic E-state index is 0.0378. The zero-order valence-electron chi connectivity index (χ0n) is 17.6. The fraction of sp³-hybridized carbons (Fsp3) is 0.714. The van der Waals surface area contributed by atoms with Crippen molar-refractivity contribution in [2.45, 2.75) is 39.8 Å². The quantitative estimate of drug-likeness (QED) is 0.677. The van der Waals surface area contributed by atoms with Crippen LogP contribution in [0.1, 0.15) is 37.7 Å². The zero-order chi connectivity index (χ0) is 20.1. The monoisotopic (exact) mass is 389 g/mol. The van der Waals surface area contributed by atoms with Crippen molar-refractivity contribution in [3.05, 3.63) is 24.0 Å². The predicted octanol–water partition coefficient (Wildman–Crippen LogP) is 1.11. The molecule has 1 saturated heterocycles. The maximum atomic E-state index is 12.9. The molecule has 1 aromatic rings. The van der Waals surface area contributed by atoms with Crippen LogP contribution in [0.15, 0.2) is 18.3 Å². The van der Waals surface area contributed by atoms with E-state index in [1.807, 2.05) is 22.9 Å². The van der Waals surface area contributed by atoms with E-state index in [4.69, 9.17) is 0 Å². The molecule has 0 aromatic carbocycles. The summed E-state index contributed by atoms with van der Waals surface area (Å²) < 4.78 is 1.90. The molecule has 156 valence electrons. The number of carbonyl (C=O) groups excluding carboxylic acids is 2. The molecule has 1 N–H and O–H groups in total. The van der Waals surface area contributed by atoms with Crippen LogP contribution >= 0.6 is 0 Å². The Labute approximate surface area is 168 Å². The zero-order valence-corrected chi connectivity index (χ0v) is 17.6. The molecule has 2 aliphatic heterocycles. The van der Waals surface area contributed by atoms with Gasteiger partial charge in [0.25, 0.3) is 5.91 Å². The largest absolute Gasteiger partial charge is 0.354 e. The molecule has 0 aliphatic carbocycles. The summed E-state index contributed by atoms with van der Waals surface area (Å²) in [5, 5.41) is 3.08. The number of hydrogen-bond donors (Lipinski definition) is 1. The van der Waals surface area contributed by atoms with E-state index < -0.39 is 6.04 Å². The number of rotatable bonds is 8. The number of hydrogen-bond acceptors (Lipinski definition) is 4. The van der Waals surface area contributed by atoms with E-state index in [0.29, 0.717) is 31.2 Å². The van der Waals surface area contributed by atoms with Gasteiger partial charge in [0.2, 0.25) is 5.91 Å². The number of amides is 2. The van der Waals surface area contributed by atoms with Crippen LogP contribution in [0.3, 0.4) is 0 Å². The molecule has 0 saturated carbocycles. The van der Waals surface area contributed by atoms with Gasteiger partial charge in [0, 0.05) is 45.5 Å². The summed E-state index contributed by atoms with van der Waals surface area (Å²) in [5.74, 6) is 0.241. The third-order valence-electron chi connectivity index (χ3n) is 5.78. The summed E-state index contributed by atoms with van der Waals surface area (Å²) in [6.45, 7) is 14.8. The fourth-order valence-electron chi connectivity index (χ4n) is 4.13. The lowest BCUT2D eigenvalue weighted by Crippen LogP contribution is -2.56. The SMILES string of the molecule is CCN1CCN(CCCNC(=O)C2Cn3cccc3C(=O)N2CC(C)C)CC1. The lowest BCUT2D eigenvalue weighted by Gasteiger charge is -2.37. The molecular formula is C21H35N5O2. The number of piperazine rings is 1. The van der Waals surface area contributed by atoms with Crippen LogP contribution in [-0.4, -0.2) is 89.5 Å². The first-order valence-corrected chi connectivity index (χ1v) is 10.7. The normalized spacial score (nSPS) is 21.2. The van der Waals surface area contributed by atoms with Crippen LogP contribution in [0.2, 0.25) is 0 Å². The van der Waals surface area contributed by atoms with Gasteiger partial charge >= 0.3 is 0 Å². The summed E-state index contributed by atoms with van der Waals surface area (Å²) in [4.78, 5) is 32.4. The van der Waals surface area contributed by atoms with Crippen molar-refractivity contribution >= 4 is 11.8 Å². The first-order chi connectivity index (χ1) is 13.5. The molecule has 1 atom stereocenters. The van der Waals surface area contributed by atoms with Crippen LogP contribution in [0.25, 0.3) is 0 Å². The summed E-state index contributed by atoms with van der Waals surface area (Å²) in [5.41, 5.74) is 0.677. The third kappa shape index (κ3) is 4.94. The predicted molar refractivity (Wildman–Crippen MR) is 110 cm³/mol. The van der Waals surface area contributed by atoms with Crippen LogP contribution in [0, 0.1) is 5.92 Å². The number of fused-ring (bicyclic) bond motifs is 1. The molecule has 28 heavy (non-hydrogen) atoms. The topological polar surface area (TPSA) is 60.8 Å². The highest BCUT2D eigenvalue weighted by Gasteiger charge is 2.36. The van der Waals surface area contributed by atoms with Crippen molar-refractivity contribution in [2.75, 3.05) is 52.4 Å². The molecule has 7 nitrogen and oxygen atoms in total. The molecule has 1 unspecified atom stereocenters. The second kappa shape index (κ2) is 9.56. The maximum absolute atomic E-state index is 12.9. The minimum atomic E-state index is -0.428. The lowest BCUT2D eigenvalue weighted by molar-refractivity contribution is -0.126. The van der Waals surface area contributed by atoms with E-state index >= 15 is 0 Å². The van der Waals surface area contributed by atoms with E-state index in [1.165, 1.54) is 0 Å². The molecule has 3 heterocycles. The standard InChI is InChI=1S/C21H35N5O2/c1-4-23-11-13-24(14-12-23)9-6-8-22-20(27)19-16-25-10-5-7-18(25)21(28)26(19)15-17(2)3/h5,7,10,17,19H,4,6,8-9,11-16H2,1-3H3,(H,22,27). The summed E-state index contributed by atoms with van der Waals surface area (Å²) >= 11 is 0. The van der Waals surface area contributed by atoms with Crippen molar-refractivity contribution in [2.24, 2.45) is 5.92 Å². The average Bonchev–Trinajstić information content (AvgIpc) is 3.16. The van der Waals surface area contributed by atoms with E-state index in [0.717, 1.165) is 45.7 Å². The molecule has 1 aromatic heterocycles. The first-order valence-electron chi connectivity index (χ1n) is 10.7. The molecular weight excluding hydrogens is 354 g/mol. The Kier molecular flexibility index (Phi) is 7.13. The Morgan fingerprint density at radius 3 is 2.61 bits per heavy atom. The Morgan fingerprint density at radius 1 is 1.21 bits per heavy atom. The highest BCUT2D eigenvalue weighted by Crippen LogP contribution is 2.20. The van der Waals surface area contributed by atoms with Crippen molar-refractivity contribution < 1.29 is 9.59 Å². The van der Waals surface area contributed by atoms with Crippen molar-refractivity contribution in [3.63, 3.8) is 0 Å². The molecule has 1 fully saturated rings. The van der Waals surface area contributed by atoms with Crippen LogP contribution < -0.4 is 5.32 Å².